The van der Waals surface area contributed by atoms with Gasteiger partial charge in [0.15, 0.2) is 11.6 Å². The lowest BCUT2D eigenvalue weighted by Gasteiger charge is -2.38. The first-order chi connectivity index (χ1) is 18.9. The van der Waals surface area contributed by atoms with Gasteiger partial charge in [-0.2, -0.15) is 0 Å². The first kappa shape index (κ1) is 24.6. The molecule has 4 aromatic carbocycles. The van der Waals surface area contributed by atoms with E-state index in [1.165, 1.54) is 0 Å². The van der Waals surface area contributed by atoms with Crippen LogP contribution < -0.4 is 9.47 Å². The molecule has 0 spiro atoms. The fourth-order valence-corrected chi connectivity index (χ4v) is 5.23. The van der Waals surface area contributed by atoms with Gasteiger partial charge in [-0.1, -0.05) is 78.9 Å². The maximum atomic E-state index is 14.0. The van der Waals surface area contributed by atoms with Gasteiger partial charge in [-0.05, 0) is 35.7 Å². The van der Waals surface area contributed by atoms with Gasteiger partial charge in [-0.15, -0.1) is 0 Å². The number of ether oxygens (including phenoxy) is 3. The molecule has 1 saturated heterocycles. The lowest BCUT2D eigenvalue weighted by atomic mass is 9.80. The molecule has 2 aliphatic rings. The van der Waals surface area contributed by atoms with Crippen molar-refractivity contribution in [2.45, 2.75) is 38.6 Å². The van der Waals surface area contributed by atoms with E-state index in [0.717, 1.165) is 11.1 Å². The number of cyclic esters (lactones) is 1. The first-order valence-corrected chi connectivity index (χ1v) is 12.9. The number of hydrogen-bond acceptors (Lipinski definition) is 6. The van der Waals surface area contributed by atoms with Gasteiger partial charge in [0.25, 0.3) is 0 Å². The fraction of sp³-hybridized carbons (Fsp3) is 0.182. The second-order valence-corrected chi connectivity index (χ2v) is 10.1. The molecule has 1 aliphatic carbocycles. The van der Waals surface area contributed by atoms with Crippen molar-refractivity contribution in [1.29, 1.82) is 0 Å². The Morgan fingerprint density at radius 1 is 0.692 bits per heavy atom. The van der Waals surface area contributed by atoms with Crippen LogP contribution in [-0.4, -0.2) is 23.1 Å². The molecule has 1 heterocycles. The maximum Gasteiger partial charge on any atom is 0.310 e. The third kappa shape index (κ3) is 4.70. The van der Waals surface area contributed by atoms with Crippen molar-refractivity contribution in [1.82, 2.24) is 0 Å². The Balaban J connectivity index is 1.39. The average Bonchev–Trinajstić information content (AvgIpc) is 2.94. The molecule has 0 N–H and O–H groups in total. The third-order valence-corrected chi connectivity index (χ3v) is 7.11. The minimum atomic E-state index is -0.686. The van der Waals surface area contributed by atoms with E-state index in [-0.39, 0.29) is 59.4 Å². The van der Waals surface area contributed by atoms with Crippen molar-refractivity contribution < 1.29 is 28.6 Å². The Labute approximate surface area is 226 Å². The summed E-state index contributed by atoms with van der Waals surface area (Å²) in [6, 6.07) is 27.8. The van der Waals surface area contributed by atoms with E-state index >= 15 is 0 Å². The predicted molar refractivity (Wildman–Crippen MR) is 144 cm³/mol. The van der Waals surface area contributed by atoms with Crippen LogP contribution in [0, 0.1) is 0 Å². The number of ketones is 2. The van der Waals surface area contributed by atoms with Gasteiger partial charge in [-0.3, -0.25) is 14.4 Å². The Morgan fingerprint density at radius 2 is 1.28 bits per heavy atom. The van der Waals surface area contributed by atoms with Crippen LogP contribution in [0.1, 0.15) is 61.9 Å². The van der Waals surface area contributed by atoms with Crippen LogP contribution in [0.2, 0.25) is 0 Å². The molecule has 6 heteroatoms. The fourth-order valence-electron chi connectivity index (χ4n) is 5.23. The third-order valence-electron chi connectivity index (χ3n) is 7.11. The summed E-state index contributed by atoms with van der Waals surface area (Å²) in [5.74, 6) is -0.137. The Kier molecular flexibility index (Phi) is 6.23. The number of esters is 1. The molecular weight excluding hydrogens is 492 g/mol. The van der Waals surface area contributed by atoms with Gasteiger partial charge in [0, 0.05) is 17.5 Å². The van der Waals surface area contributed by atoms with Crippen molar-refractivity contribution in [2.75, 3.05) is 0 Å². The predicted octanol–water partition coefficient (Wildman–Crippen LogP) is 5.87. The number of rotatable bonds is 8. The minimum Gasteiger partial charge on any atom is -0.488 e. The molecule has 0 bridgehead atoms. The highest BCUT2D eigenvalue weighted by Crippen LogP contribution is 2.42. The summed E-state index contributed by atoms with van der Waals surface area (Å²) in [7, 11) is 0. The van der Waals surface area contributed by atoms with Crippen LogP contribution in [0.3, 0.4) is 0 Å². The number of carbonyl (C=O) groups is 3. The van der Waals surface area contributed by atoms with E-state index in [1.54, 1.807) is 30.3 Å². The van der Waals surface area contributed by atoms with E-state index in [1.807, 2.05) is 67.6 Å². The number of carbonyl (C=O) groups excluding carboxylic acids is 3. The number of fused-ring (bicyclic) bond motifs is 2. The highest BCUT2D eigenvalue weighted by atomic mass is 16.6. The monoisotopic (exact) mass is 518 g/mol. The molecule has 4 aromatic rings. The molecule has 1 aliphatic heterocycles. The average molecular weight is 519 g/mol. The SMILES string of the molecule is C[C@@]1(Cc2ccc3c(c2OCc2ccccc2)C(=O)c2cccc(OCc4ccccc4)c2C3=O)CC(=O)O1. The van der Waals surface area contributed by atoms with Crippen LogP contribution in [0.25, 0.3) is 0 Å². The Morgan fingerprint density at radius 3 is 1.92 bits per heavy atom. The van der Waals surface area contributed by atoms with Crippen LogP contribution in [0.15, 0.2) is 91.0 Å². The molecule has 0 aromatic heterocycles. The van der Waals surface area contributed by atoms with Crippen LogP contribution in [0.4, 0.5) is 0 Å². The van der Waals surface area contributed by atoms with Crippen molar-refractivity contribution in [3.05, 3.63) is 130 Å². The summed E-state index contributed by atoms with van der Waals surface area (Å²) in [5, 5.41) is 0. The van der Waals surface area contributed by atoms with Crippen molar-refractivity contribution in [3.63, 3.8) is 0 Å². The molecule has 194 valence electrons. The second kappa shape index (κ2) is 9.87. The molecule has 1 fully saturated rings. The molecule has 39 heavy (non-hydrogen) atoms. The lowest BCUT2D eigenvalue weighted by Crippen LogP contribution is -2.46. The topological polar surface area (TPSA) is 78.9 Å². The van der Waals surface area contributed by atoms with Crippen LogP contribution in [0.5, 0.6) is 11.5 Å². The largest absolute Gasteiger partial charge is 0.488 e. The van der Waals surface area contributed by atoms with E-state index in [2.05, 4.69) is 0 Å². The summed E-state index contributed by atoms with van der Waals surface area (Å²) < 4.78 is 17.7. The quantitative estimate of drug-likeness (QED) is 0.239. The van der Waals surface area contributed by atoms with Gasteiger partial charge in [0.1, 0.15) is 30.3 Å². The molecule has 1 atom stereocenters. The van der Waals surface area contributed by atoms with E-state index in [4.69, 9.17) is 14.2 Å². The minimum absolute atomic E-state index is 0.218. The van der Waals surface area contributed by atoms with Crippen molar-refractivity contribution >= 4 is 17.5 Å². The van der Waals surface area contributed by atoms with Gasteiger partial charge in [0.2, 0.25) is 0 Å². The lowest BCUT2D eigenvalue weighted by molar-refractivity contribution is -0.187. The van der Waals surface area contributed by atoms with Crippen LogP contribution >= 0.6 is 0 Å². The van der Waals surface area contributed by atoms with Crippen LogP contribution in [-0.2, 0) is 29.2 Å². The zero-order valence-electron chi connectivity index (χ0n) is 21.4. The summed E-state index contributed by atoms with van der Waals surface area (Å²) in [6.45, 7) is 2.34. The second-order valence-electron chi connectivity index (χ2n) is 10.1. The van der Waals surface area contributed by atoms with E-state index < -0.39 is 5.60 Å². The molecule has 0 radical (unpaired) electrons. The molecule has 0 amide bonds. The highest BCUT2D eigenvalue weighted by Gasteiger charge is 2.43. The summed E-state index contributed by atoms with van der Waals surface area (Å²) in [6.07, 6.45) is 0.644. The van der Waals surface area contributed by atoms with Gasteiger partial charge >= 0.3 is 5.97 Å². The normalized spacial score (nSPS) is 17.5. The maximum absolute atomic E-state index is 14.0. The Hall–Kier alpha value is -4.71. The Bertz CT molecular complexity index is 1580. The molecule has 0 unspecified atom stereocenters. The van der Waals surface area contributed by atoms with E-state index in [0.29, 0.717) is 23.5 Å². The zero-order chi connectivity index (χ0) is 27.0. The number of hydrogen-bond donors (Lipinski definition) is 0. The van der Waals surface area contributed by atoms with E-state index in [9.17, 15) is 14.4 Å². The first-order valence-electron chi connectivity index (χ1n) is 12.9. The smallest absolute Gasteiger partial charge is 0.310 e. The molecular formula is C33H26O6. The highest BCUT2D eigenvalue weighted by molar-refractivity contribution is 6.30. The van der Waals surface area contributed by atoms with Crippen molar-refractivity contribution in [2.24, 2.45) is 0 Å². The van der Waals surface area contributed by atoms with Gasteiger partial charge in [-0.25, -0.2) is 0 Å². The zero-order valence-corrected chi connectivity index (χ0v) is 21.4. The molecule has 0 saturated carbocycles. The van der Waals surface area contributed by atoms with Gasteiger partial charge in [0.05, 0.1) is 17.5 Å². The summed E-state index contributed by atoms with van der Waals surface area (Å²) in [5.41, 5.74) is 2.94. The van der Waals surface area contributed by atoms with Gasteiger partial charge < -0.3 is 14.2 Å². The standard InChI is InChI=1S/C33H26O6/c1-33(18-27(34)39-33)17-23-15-16-25-29(32(23)38-20-22-11-6-3-7-12-22)31(36)24-13-8-14-26(28(24)30(25)35)37-19-21-9-4-2-5-10-21/h2-16H,17-20H2,1H3/t33-/m1/s1. The summed E-state index contributed by atoms with van der Waals surface area (Å²) in [4.78, 5) is 39.4. The molecule has 6 rings (SSSR count). The summed E-state index contributed by atoms with van der Waals surface area (Å²) >= 11 is 0. The molecule has 6 nitrogen and oxygen atoms in total. The van der Waals surface area contributed by atoms with Crippen molar-refractivity contribution in [3.8, 4) is 11.5 Å². The number of benzene rings is 4.